The number of thioether (sulfide) groups is 1. The van der Waals surface area contributed by atoms with Crippen molar-refractivity contribution in [1.82, 2.24) is 10.5 Å². The van der Waals surface area contributed by atoms with Gasteiger partial charge in [-0.3, -0.25) is 4.79 Å². The fraction of sp³-hybridized carbons (Fsp3) is 0.667. The van der Waals surface area contributed by atoms with Crippen molar-refractivity contribution in [3.05, 3.63) is 17.0 Å². The van der Waals surface area contributed by atoms with Crippen LogP contribution >= 0.6 is 11.8 Å². The summed E-state index contributed by atoms with van der Waals surface area (Å²) in [5, 5.41) is 15.3. The second-order valence-electron chi connectivity index (χ2n) is 4.08. The summed E-state index contributed by atoms with van der Waals surface area (Å²) >= 11 is 1.55. The fourth-order valence-corrected chi connectivity index (χ4v) is 2.48. The maximum atomic E-state index is 11.5. The van der Waals surface area contributed by atoms with Gasteiger partial charge in [-0.2, -0.15) is 0 Å². The van der Waals surface area contributed by atoms with Gasteiger partial charge in [-0.15, -0.1) is 11.8 Å². The van der Waals surface area contributed by atoms with Crippen LogP contribution in [0, 0.1) is 13.8 Å². The number of aryl methyl sites for hydroxylation is 2. The van der Waals surface area contributed by atoms with Gasteiger partial charge in [0.2, 0.25) is 5.91 Å². The first-order valence-electron chi connectivity index (χ1n) is 6.02. The van der Waals surface area contributed by atoms with Crippen LogP contribution in [0.3, 0.4) is 0 Å². The summed E-state index contributed by atoms with van der Waals surface area (Å²) in [4.78, 5) is 11.5. The average Bonchev–Trinajstić information content (AvgIpc) is 2.66. The summed E-state index contributed by atoms with van der Waals surface area (Å²) in [5.74, 6) is 2.03. The minimum absolute atomic E-state index is 0.0321. The van der Waals surface area contributed by atoms with Crippen LogP contribution in [0.25, 0.3) is 0 Å². The van der Waals surface area contributed by atoms with Crippen LogP contribution in [-0.4, -0.2) is 35.1 Å². The van der Waals surface area contributed by atoms with E-state index in [1.54, 1.807) is 11.8 Å². The summed E-state index contributed by atoms with van der Waals surface area (Å²) in [6, 6.07) is 0. The molecule has 1 heterocycles. The summed E-state index contributed by atoms with van der Waals surface area (Å²) in [6.07, 6.45) is 1.54. The lowest BCUT2D eigenvalue weighted by Gasteiger charge is -2.04. The van der Waals surface area contributed by atoms with Crippen LogP contribution < -0.4 is 5.32 Å². The summed E-state index contributed by atoms with van der Waals surface area (Å²) < 4.78 is 5.06. The molecule has 0 aliphatic heterocycles. The number of carbonyl (C=O) groups excluding carboxylic acids is 1. The molecule has 0 unspecified atom stereocenters. The van der Waals surface area contributed by atoms with Gasteiger partial charge in [0.05, 0.1) is 11.4 Å². The molecule has 1 rings (SSSR count). The molecule has 1 amide bonds. The Hall–Kier alpha value is -1.01. The van der Waals surface area contributed by atoms with Gasteiger partial charge in [0.25, 0.3) is 0 Å². The van der Waals surface area contributed by atoms with Gasteiger partial charge >= 0.3 is 0 Å². The average molecular weight is 272 g/mol. The highest BCUT2D eigenvalue weighted by molar-refractivity contribution is 7.99. The third-order valence-electron chi connectivity index (χ3n) is 2.57. The molecular formula is C12H20N2O3S. The van der Waals surface area contributed by atoms with Gasteiger partial charge in [0.15, 0.2) is 0 Å². The van der Waals surface area contributed by atoms with E-state index in [2.05, 4.69) is 10.5 Å². The van der Waals surface area contributed by atoms with E-state index < -0.39 is 0 Å². The van der Waals surface area contributed by atoms with Crippen molar-refractivity contribution in [1.29, 1.82) is 0 Å². The Morgan fingerprint density at radius 2 is 2.22 bits per heavy atom. The Bertz CT molecular complexity index is 360. The molecule has 0 aliphatic carbocycles. The monoisotopic (exact) mass is 272 g/mol. The molecule has 0 fully saturated rings. The molecule has 5 nitrogen and oxygen atoms in total. The zero-order valence-corrected chi connectivity index (χ0v) is 11.7. The Kier molecular flexibility index (Phi) is 6.82. The van der Waals surface area contributed by atoms with E-state index in [1.807, 2.05) is 13.8 Å². The van der Waals surface area contributed by atoms with E-state index in [0.717, 1.165) is 35.6 Å². The van der Waals surface area contributed by atoms with Crippen molar-refractivity contribution in [2.24, 2.45) is 0 Å². The second-order valence-corrected chi connectivity index (χ2v) is 5.06. The minimum Gasteiger partial charge on any atom is -0.396 e. The van der Waals surface area contributed by atoms with Crippen molar-refractivity contribution >= 4 is 17.7 Å². The van der Waals surface area contributed by atoms with Crippen LogP contribution in [0.2, 0.25) is 0 Å². The molecule has 0 saturated carbocycles. The number of aromatic nitrogens is 1. The molecule has 18 heavy (non-hydrogen) atoms. The van der Waals surface area contributed by atoms with E-state index in [9.17, 15) is 4.79 Å². The number of nitrogens with one attached hydrogen (secondary N) is 1. The number of hydrogen-bond acceptors (Lipinski definition) is 5. The van der Waals surface area contributed by atoms with Crippen LogP contribution in [-0.2, 0) is 10.5 Å². The van der Waals surface area contributed by atoms with Gasteiger partial charge in [0.1, 0.15) is 5.76 Å². The topological polar surface area (TPSA) is 75.4 Å². The lowest BCUT2D eigenvalue weighted by Crippen LogP contribution is -2.26. The highest BCUT2D eigenvalue weighted by Crippen LogP contribution is 2.19. The number of unbranched alkanes of at least 4 members (excludes halogenated alkanes) is 1. The van der Waals surface area contributed by atoms with E-state index in [-0.39, 0.29) is 12.5 Å². The van der Waals surface area contributed by atoms with Gasteiger partial charge in [-0.05, 0) is 26.7 Å². The fourth-order valence-electron chi connectivity index (χ4n) is 1.47. The quantitative estimate of drug-likeness (QED) is 0.700. The molecule has 2 N–H and O–H groups in total. The van der Waals surface area contributed by atoms with E-state index in [4.69, 9.17) is 9.63 Å². The molecule has 0 spiro atoms. The SMILES string of the molecule is Cc1noc(C)c1CSCC(=O)NCCCCO. The first-order chi connectivity index (χ1) is 8.65. The molecule has 0 aromatic carbocycles. The van der Waals surface area contributed by atoms with Crippen LogP contribution in [0.1, 0.15) is 29.9 Å². The second kappa shape index (κ2) is 8.16. The van der Waals surface area contributed by atoms with Gasteiger partial charge in [-0.1, -0.05) is 5.16 Å². The molecule has 0 radical (unpaired) electrons. The standard InChI is InChI=1S/C12H20N2O3S/c1-9-11(10(2)17-14-9)7-18-8-12(16)13-5-3-4-6-15/h15H,3-8H2,1-2H3,(H,13,16). The van der Waals surface area contributed by atoms with Crippen molar-refractivity contribution in [2.45, 2.75) is 32.4 Å². The lowest BCUT2D eigenvalue weighted by atomic mass is 10.2. The first kappa shape index (κ1) is 15.0. The molecule has 0 atom stereocenters. The van der Waals surface area contributed by atoms with Crippen molar-refractivity contribution in [2.75, 3.05) is 18.9 Å². The number of rotatable bonds is 8. The molecule has 0 bridgehead atoms. The Morgan fingerprint density at radius 3 is 2.83 bits per heavy atom. The van der Waals surface area contributed by atoms with Crippen molar-refractivity contribution in [3.63, 3.8) is 0 Å². The van der Waals surface area contributed by atoms with E-state index in [0.29, 0.717) is 12.3 Å². The maximum Gasteiger partial charge on any atom is 0.230 e. The minimum atomic E-state index is 0.0321. The Labute approximate surface area is 111 Å². The Morgan fingerprint density at radius 1 is 1.44 bits per heavy atom. The highest BCUT2D eigenvalue weighted by Gasteiger charge is 2.09. The number of amides is 1. The van der Waals surface area contributed by atoms with E-state index in [1.165, 1.54) is 0 Å². The number of nitrogens with zero attached hydrogens (tertiary/aromatic N) is 1. The van der Waals surface area contributed by atoms with Crippen molar-refractivity contribution < 1.29 is 14.4 Å². The zero-order valence-electron chi connectivity index (χ0n) is 10.9. The molecule has 6 heteroatoms. The molecule has 0 saturated heterocycles. The lowest BCUT2D eigenvalue weighted by molar-refractivity contribution is -0.118. The Balaban J connectivity index is 2.16. The highest BCUT2D eigenvalue weighted by atomic mass is 32.2. The maximum absolute atomic E-state index is 11.5. The largest absolute Gasteiger partial charge is 0.396 e. The summed E-state index contributed by atoms with van der Waals surface area (Å²) in [5.41, 5.74) is 1.97. The third kappa shape index (κ3) is 5.10. The number of carbonyl (C=O) groups is 1. The molecule has 1 aromatic rings. The van der Waals surface area contributed by atoms with Crippen LogP contribution in [0.5, 0.6) is 0 Å². The van der Waals surface area contributed by atoms with Crippen molar-refractivity contribution in [3.8, 4) is 0 Å². The molecular weight excluding hydrogens is 252 g/mol. The normalized spacial score (nSPS) is 10.6. The number of aliphatic hydroxyl groups is 1. The van der Waals surface area contributed by atoms with Gasteiger partial charge < -0.3 is 14.9 Å². The van der Waals surface area contributed by atoms with Crippen LogP contribution in [0.15, 0.2) is 4.52 Å². The first-order valence-corrected chi connectivity index (χ1v) is 7.17. The predicted molar refractivity (Wildman–Crippen MR) is 71.5 cm³/mol. The number of aliphatic hydroxyl groups excluding tert-OH is 1. The summed E-state index contributed by atoms with van der Waals surface area (Å²) in [7, 11) is 0. The number of hydrogen-bond donors (Lipinski definition) is 2. The molecule has 0 aliphatic rings. The van der Waals surface area contributed by atoms with Gasteiger partial charge in [0, 0.05) is 24.5 Å². The smallest absolute Gasteiger partial charge is 0.230 e. The van der Waals surface area contributed by atoms with Crippen LogP contribution in [0.4, 0.5) is 0 Å². The zero-order chi connectivity index (χ0) is 13.4. The predicted octanol–water partition coefficient (Wildman–Crippen LogP) is 1.41. The molecule has 102 valence electrons. The molecule has 1 aromatic heterocycles. The van der Waals surface area contributed by atoms with E-state index >= 15 is 0 Å². The van der Waals surface area contributed by atoms with Gasteiger partial charge in [-0.25, -0.2) is 0 Å². The third-order valence-corrected chi connectivity index (χ3v) is 3.53. The summed E-state index contributed by atoms with van der Waals surface area (Å²) in [6.45, 7) is 4.59.